The Morgan fingerprint density at radius 1 is 1.37 bits per heavy atom. The molecule has 1 amide bonds. The first-order valence-electron chi connectivity index (χ1n) is 5.89. The third-order valence-electron chi connectivity index (χ3n) is 2.41. The van der Waals surface area contributed by atoms with Crippen LogP contribution in [0.3, 0.4) is 0 Å². The van der Waals surface area contributed by atoms with Crippen molar-refractivity contribution in [1.82, 2.24) is 5.32 Å². The van der Waals surface area contributed by atoms with Gasteiger partial charge in [0.15, 0.2) is 5.12 Å². The molecule has 0 aliphatic heterocycles. The minimum Gasteiger partial charge on any atom is -0.480 e. The minimum atomic E-state index is -1.32. The van der Waals surface area contributed by atoms with Gasteiger partial charge in [-0.3, -0.25) is 9.59 Å². The Labute approximate surface area is 115 Å². The van der Waals surface area contributed by atoms with Gasteiger partial charge in [0.25, 0.3) is 0 Å². The Balaban J connectivity index is 4.50. The van der Waals surface area contributed by atoms with Crippen molar-refractivity contribution in [3.8, 4) is 0 Å². The van der Waals surface area contributed by atoms with Gasteiger partial charge in [0, 0.05) is 18.6 Å². The van der Waals surface area contributed by atoms with Gasteiger partial charge >= 0.3 is 5.97 Å². The van der Waals surface area contributed by atoms with Crippen LogP contribution in [-0.2, 0) is 14.4 Å². The van der Waals surface area contributed by atoms with E-state index in [2.05, 4.69) is 5.32 Å². The van der Waals surface area contributed by atoms with Gasteiger partial charge in [-0.2, -0.15) is 0 Å². The summed E-state index contributed by atoms with van der Waals surface area (Å²) in [4.78, 5) is 33.5. The molecule has 0 bridgehead atoms. The minimum absolute atomic E-state index is 0.109. The van der Waals surface area contributed by atoms with E-state index in [9.17, 15) is 14.4 Å². The predicted octanol–water partition coefficient (Wildman–Crippen LogP) is -0.817. The number of thioether (sulfide) groups is 1. The van der Waals surface area contributed by atoms with Crippen LogP contribution in [0.25, 0.3) is 0 Å². The maximum absolute atomic E-state index is 11.9. The molecule has 0 heterocycles. The number of nitrogens with one attached hydrogen (secondary N) is 1. The smallest absolute Gasteiger partial charge is 0.328 e. The maximum Gasteiger partial charge on any atom is 0.328 e. The summed E-state index contributed by atoms with van der Waals surface area (Å²) in [5.41, 5.74) is 5.37. The summed E-state index contributed by atoms with van der Waals surface area (Å²) >= 11 is 1.01. The highest BCUT2D eigenvalue weighted by Crippen LogP contribution is 2.15. The molecule has 0 spiro atoms. The van der Waals surface area contributed by atoms with Crippen molar-refractivity contribution in [2.75, 3.05) is 18.9 Å². The molecule has 0 aromatic heterocycles. The number of carboxylic acids is 1. The van der Waals surface area contributed by atoms with E-state index in [4.69, 9.17) is 15.9 Å². The van der Waals surface area contributed by atoms with E-state index in [0.29, 0.717) is 19.4 Å². The molecule has 110 valence electrons. The second kappa shape index (κ2) is 9.76. The fourth-order valence-electron chi connectivity index (χ4n) is 1.35. The van der Waals surface area contributed by atoms with Crippen molar-refractivity contribution in [3.05, 3.63) is 0 Å². The Morgan fingerprint density at radius 3 is 2.42 bits per heavy atom. The maximum atomic E-state index is 11.9. The van der Waals surface area contributed by atoms with Gasteiger partial charge in [-0.25, -0.2) is 4.79 Å². The molecule has 1 unspecified atom stereocenters. The van der Waals surface area contributed by atoms with Crippen LogP contribution >= 0.6 is 11.8 Å². The second-order valence-corrected chi connectivity index (χ2v) is 5.21. The molecule has 0 fully saturated rings. The molecule has 0 aromatic carbocycles. The second-order valence-electron chi connectivity index (χ2n) is 4.01. The topological polar surface area (TPSA) is 130 Å². The summed E-state index contributed by atoms with van der Waals surface area (Å²) in [5, 5.41) is 19.7. The van der Waals surface area contributed by atoms with E-state index >= 15 is 0 Å². The Kier molecular flexibility index (Phi) is 9.19. The van der Waals surface area contributed by atoms with Gasteiger partial charge in [-0.15, -0.1) is 0 Å². The van der Waals surface area contributed by atoms with E-state index in [-0.39, 0.29) is 10.9 Å². The van der Waals surface area contributed by atoms with Crippen molar-refractivity contribution in [3.63, 3.8) is 0 Å². The molecule has 5 N–H and O–H groups in total. The zero-order valence-corrected chi connectivity index (χ0v) is 11.6. The highest BCUT2D eigenvalue weighted by Gasteiger charge is 2.24. The largest absolute Gasteiger partial charge is 0.480 e. The molecule has 8 heteroatoms. The molecular weight excluding hydrogens is 272 g/mol. The third-order valence-corrected chi connectivity index (χ3v) is 3.39. The molecule has 0 aromatic rings. The number of carbonyl (C=O) groups is 3. The van der Waals surface area contributed by atoms with E-state index in [1.54, 1.807) is 0 Å². The van der Waals surface area contributed by atoms with Crippen LogP contribution in [-0.4, -0.2) is 52.2 Å². The Morgan fingerprint density at radius 2 is 2.00 bits per heavy atom. The summed E-state index contributed by atoms with van der Waals surface area (Å²) < 4.78 is 0. The molecular formula is C11H20N2O5S. The average Bonchev–Trinajstić information content (AvgIpc) is 2.35. The number of amides is 1. The van der Waals surface area contributed by atoms with Crippen molar-refractivity contribution in [2.24, 2.45) is 11.7 Å². The number of aliphatic hydroxyl groups is 1. The van der Waals surface area contributed by atoms with Crippen LogP contribution in [0.5, 0.6) is 0 Å². The number of rotatable bonds is 9. The SMILES string of the molecule is CC(=O)SCC(CCCN)C(=O)N[C@@H](CO)C(=O)O. The average molecular weight is 292 g/mol. The highest BCUT2D eigenvalue weighted by atomic mass is 32.2. The van der Waals surface area contributed by atoms with Gasteiger partial charge in [0.05, 0.1) is 6.61 Å². The summed E-state index contributed by atoms with van der Waals surface area (Å²) in [6.45, 7) is 1.14. The molecule has 0 rings (SSSR count). The van der Waals surface area contributed by atoms with Crippen LogP contribution < -0.4 is 11.1 Å². The number of carbonyl (C=O) groups excluding carboxylic acids is 2. The molecule has 19 heavy (non-hydrogen) atoms. The van der Waals surface area contributed by atoms with Crippen molar-refractivity contribution in [2.45, 2.75) is 25.8 Å². The lowest BCUT2D eigenvalue weighted by Gasteiger charge is -2.18. The standard InChI is InChI=1S/C11H20N2O5S/c1-7(15)19-6-8(3-2-4-12)10(16)13-9(5-14)11(17)18/h8-9,14H,2-6,12H2,1H3,(H,13,16)(H,17,18)/t8?,9-/m0/s1. The van der Waals surface area contributed by atoms with E-state index < -0.39 is 30.4 Å². The molecule has 0 aliphatic rings. The number of aliphatic hydroxyl groups excluding tert-OH is 1. The van der Waals surface area contributed by atoms with E-state index in [1.807, 2.05) is 0 Å². The van der Waals surface area contributed by atoms with E-state index in [1.165, 1.54) is 6.92 Å². The van der Waals surface area contributed by atoms with Crippen LogP contribution in [0.2, 0.25) is 0 Å². The lowest BCUT2D eigenvalue weighted by atomic mass is 10.0. The van der Waals surface area contributed by atoms with Gasteiger partial charge in [0.2, 0.25) is 5.91 Å². The quantitative estimate of drug-likeness (QED) is 0.437. The van der Waals surface area contributed by atoms with Gasteiger partial charge < -0.3 is 21.3 Å². The van der Waals surface area contributed by atoms with Gasteiger partial charge in [-0.05, 0) is 19.4 Å². The zero-order valence-electron chi connectivity index (χ0n) is 10.8. The predicted molar refractivity (Wildman–Crippen MR) is 71.6 cm³/mol. The monoisotopic (exact) mass is 292 g/mol. The van der Waals surface area contributed by atoms with Crippen molar-refractivity contribution < 1.29 is 24.6 Å². The highest BCUT2D eigenvalue weighted by molar-refractivity contribution is 8.13. The first-order chi connectivity index (χ1) is 8.92. The lowest BCUT2D eigenvalue weighted by molar-refractivity contribution is -0.143. The normalized spacial score (nSPS) is 13.6. The van der Waals surface area contributed by atoms with Crippen LogP contribution in [0.15, 0.2) is 0 Å². The third kappa shape index (κ3) is 7.81. The fraction of sp³-hybridized carbons (Fsp3) is 0.727. The number of nitrogens with two attached hydrogens (primary N) is 1. The Hall–Kier alpha value is -1.12. The summed E-state index contributed by atoms with van der Waals surface area (Å²) in [6, 6.07) is -1.32. The number of carboxylic acid groups (broad SMARTS) is 1. The molecule has 2 atom stereocenters. The summed E-state index contributed by atoms with van der Waals surface area (Å²) in [6.07, 6.45) is 1.08. The lowest BCUT2D eigenvalue weighted by Crippen LogP contribution is -2.46. The molecule has 0 saturated carbocycles. The molecule has 0 saturated heterocycles. The van der Waals surface area contributed by atoms with Crippen LogP contribution in [0.4, 0.5) is 0 Å². The number of aliphatic carboxylic acids is 1. The van der Waals surface area contributed by atoms with Gasteiger partial charge in [-0.1, -0.05) is 11.8 Å². The number of hydrogen-bond acceptors (Lipinski definition) is 6. The fourth-order valence-corrected chi connectivity index (χ4v) is 2.10. The van der Waals surface area contributed by atoms with E-state index in [0.717, 1.165) is 11.8 Å². The Bertz CT molecular complexity index is 324. The first kappa shape index (κ1) is 17.9. The van der Waals surface area contributed by atoms with Crippen molar-refractivity contribution in [1.29, 1.82) is 0 Å². The van der Waals surface area contributed by atoms with Crippen LogP contribution in [0.1, 0.15) is 19.8 Å². The first-order valence-corrected chi connectivity index (χ1v) is 6.88. The zero-order chi connectivity index (χ0) is 14.8. The summed E-state index contributed by atoms with van der Waals surface area (Å²) in [5.74, 6) is -2.00. The van der Waals surface area contributed by atoms with Gasteiger partial charge in [0.1, 0.15) is 6.04 Å². The molecule has 0 aliphatic carbocycles. The molecule has 0 radical (unpaired) electrons. The number of hydrogen-bond donors (Lipinski definition) is 4. The van der Waals surface area contributed by atoms with Crippen LogP contribution in [0, 0.1) is 5.92 Å². The molecule has 7 nitrogen and oxygen atoms in total. The van der Waals surface area contributed by atoms with Crippen molar-refractivity contribution >= 4 is 28.8 Å². The summed E-state index contributed by atoms with van der Waals surface area (Å²) in [7, 11) is 0.